The number of benzene rings is 1. The van der Waals surface area contributed by atoms with Crippen LogP contribution in [0, 0.1) is 0 Å². The van der Waals surface area contributed by atoms with Gasteiger partial charge in [0, 0.05) is 11.9 Å². The number of nitrogens with zero attached hydrogens (tertiary/aromatic N) is 2. The van der Waals surface area contributed by atoms with Crippen LogP contribution in [-0.4, -0.2) is 15.7 Å². The Kier molecular flexibility index (Phi) is 3.74. The van der Waals surface area contributed by atoms with Gasteiger partial charge < -0.3 is 11.1 Å². The summed E-state index contributed by atoms with van der Waals surface area (Å²) in [5, 5.41) is 7.53. The highest BCUT2D eigenvalue weighted by Crippen LogP contribution is 2.22. The highest BCUT2D eigenvalue weighted by atomic mass is 35.5. The molecule has 0 spiro atoms. The predicted octanol–water partition coefficient (Wildman–Crippen LogP) is 2.41. The van der Waals surface area contributed by atoms with E-state index in [4.69, 9.17) is 28.9 Å². The van der Waals surface area contributed by atoms with Crippen LogP contribution in [0.5, 0.6) is 0 Å². The maximum Gasteiger partial charge on any atom is 0.246 e. The minimum atomic E-state index is -0.225. The van der Waals surface area contributed by atoms with Gasteiger partial charge in [-0.25, -0.2) is 0 Å². The predicted molar refractivity (Wildman–Crippen MR) is 71.7 cm³/mol. The maximum absolute atomic E-state index is 11.7. The van der Waals surface area contributed by atoms with E-state index in [0.29, 0.717) is 21.4 Å². The lowest BCUT2D eigenvalue weighted by molar-refractivity contribution is -0.116. The van der Waals surface area contributed by atoms with Crippen molar-refractivity contribution >= 4 is 40.5 Å². The fourth-order valence-electron chi connectivity index (χ4n) is 1.39. The van der Waals surface area contributed by atoms with E-state index in [9.17, 15) is 4.79 Å². The number of hydrogen-bond donors (Lipinski definition) is 2. The molecule has 0 aliphatic carbocycles. The standard InChI is InChI=1S/C11H10Cl2N4O/c12-7-4-15-17(5-7)6-11(18)16-8-1-2-9(13)10(14)3-8/h1-5H,6,14H2,(H,16,18). The molecule has 0 aliphatic heterocycles. The zero-order chi connectivity index (χ0) is 13.1. The Morgan fingerprint density at radius 3 is 2.83 bits per heavy atom. The monoisotopic (exact) mass is 284 g/mol. The molecule has 0 saturated heterocycles. The number of nitrogens with two attached hydrogens (primary N) is 1. The number of carbonyl (C=O) groups is 1. The van der Waals surface area contributed by atoms with E-state index in [1.54, 1.807) is 24.4 Å². The third kappa shape index (κ3) is 3.15. The number of carbonyl (C=O) groups excluding carboxylic acids is 1. The van der Waals surface area contributed by atoms with Crippen molar-refractivity contribution in [2.24, 2.45) is 0 Å². The highest BCUT2D eigenvalue weighted by molar-refractivity contribution is 6.33. The molecule has 2 rings (SSSR count). The highest BCUT2D eigenvalue weighted by Gasteiger charge is 2.06. The van der Waals surface area contributed by atoms with Gasteiger partial charge in [-0.3, -0.25) is 9.48 Å². The van der Waals surface area contributed by atoms with Crippen LogP contribution in [0.15, 0.2) is 30.6 Å². The Balaban J connectivity index is 2.00. The summed E-state index contributed by atoms with van der Waals surface area (Å²) >= 11 is 11.5. The van der Waals surface area contributed by atoms with Gasteiger partial charge in [-0.15, -0.1) is 0 Å². The third-order valence-electron chi connectivity index (χ3n) is 2.19. The first-order chi connectivity index (χ1) is 8.54. The van der Waals surface area contributed by atoms with Gasteiger partial charge in [0.15, 0.2) is 0 Å². The first-order valence-electron chi connectivity index (χ1n) is 5.07. The molecule has 0 bridgehead atoms. The molecule has 0 radical (unpaired) electrons. The lowest BCUT2D eigenvalue weighted by Gasteiger charge is -2.06. The minimum absolute atomic E-state index is 0.0786. The summed E-state index contributed by atoms with van der Waals surface area (Å²) in [7, 11) is 0. The Hall–Kier alpha value is -1.72. The van der Waals surface area contributed by atoms with E-state index >= 15 is 0 Å². The van der Waals surface area contributed by atoms with Crippen LogP contribution in [-0.2, 0) is 11.3 Å². The molecule has 0 saturated carbocycles. The first-order valence-corrected chi connectivity index (χ1v) is 5.83. The number of hydrogen-bond acceptors (Lipinski definition) is 3. The molecule has 1 heterocycles. The summed E-state index contributed by atoms with van der Waals surface area (Å²) in [5.41, 5.74) is 6.63. The Bertz CT molecular complexity index is 582. The van der Waals surface area contributed by atoms with Gasteiger partial charge in [-0.2, -0.15) is 5.10 Å². The van der Waals surface area contributed by atoms with Gasteiger partial charge >= 0.3 is 0 Å². The second kappa shape index (κ2) is 5.29. The van der Waals surface area contributed by atoms with Crippen LogP contribution in [0.4, 0.5) is 11.4 Å². The number of nitrogens with one attached hydrogen (secondary N) is 1. The quantitative estimate of drug-likeness (QED) is 0.850. The maximum atomic E-state index is 11.7. The Labute approximate surface area is 113 Å². The smallest absolute Gasteiger partial charge is 0.246 e. The van der Waals surface area contributed by atoms with Crippen molar-refractivity contribution in [3.63, 3.8) is 0 Å². The van der Waals surface area contributed by atoms with Gasteiger partial charge in [-0.1, -0.05) is 23.2 Å². The molecule has 18 heavy (non-hydrogen) atoms. The summed E-state index contributed by atoms with van der Waals surface area (Å²) in [5.74, 6) is -0.225. The van der Waals surface area contributed by atoms with Gasteiger partial charge in [0.2, 0.25) is 5.91 Å². The SMILES string of the molecule is Nc1cc(NC(=O)Cn2cc(Cl)cn2)ccc1Cl. The van der Waals surface area contributed by atoms with E-state index in [-0.39, 0.29) is 12.5 Å². The van der Waals surface area contributed by atoms with Crippen LogP contribution < -0.4 is 11.1 Å². The molecule has 0 unspecified atom stereocenters. The zero-order valence-corrected chi connectivity index (χ0v) is 10.7. The van der Waals surface area contributed by atoms with Crippen molar-refractivity contribution in [2.45, 2.75) is 6.54 Å². The number of nitrogen functional groups attached to an aromatic ring is 1. The molecule has 2 aromatic rings. The van der Waals surface area contributed by atoms with Crippen molar-refractivity contribution in [2.75, 3.05) is 11.1 Å². The summed E-state index contributed by atoms with van der Waals surface area (Å²) in [6.45, 7) is 0.0786. The number of rotatable bonds is 3. The van der Waals surface area contributed by atoms with Crippen LogP contribution in [0.2, 0.25) is 10.0 Å². The first kappa shape index (κ1) is 12.7. The van der Waals surface area contributed by atoms with E-state index in [0.717, 1.165) is 0 Å². The van der Waals surface area contributed by atoms with Crippen LogP contribution >= 0.6 is 23.2 Å². The van der Waals surface area contributed by atoms with Crippen molar-refractivity contribution in [1.82, 2.24) is 9.78 Å². The van der Waals surface area contributed by atoms with Crippen molar-refractivity contribution in [1.29, 1.82) is 0 Å². The molecule has 94 valence electrons. The minimum Gasteiger partial charge on any atom is -0.397 e. The molecular weight excluding hydrogens is 275 g/mol. The number of aromatic nitrogens is 2. The van der Waals surface area contributed by atoms with Gasteiger partial charge in [0.05, 0.1) is 21.9 Å². The number of halogens is 2. The van der Waals surface area contributed by atoms with E-state index in [2.05, 4.69) is 10.4 Å². The molecule has 0 aliphatic rings. The topological polar surface area (TPSA) is 72.9 Å². The summed E-state index contributed by atoms with van der Waals surface area (Å²) in [4.78, 5) is 11.7. The summed E-state index contributed by atoms with van der Waals surface area (Å²) < 4.78 is 1.44. The number of amides is 1. The fraction of sp³-hybridized carbons (Fsp3) is 0.0909. The average Bonchev–Trinajstić information content (AvgIpc) is 2.69. The van der Waals surface area contributed by atoms with E-state index in [1.807, 2.05) is 0 Å². The number of anilines is 2. The molecule has 7 heteroatoms. The van der Waals surface area contributed by atoms with Crippen molar-refractivity contribution < 1.29 is 4.79 Å². The van der Waals surface area contributed by atoms with Crippen LogP contribution in [0.25, 0.3) is 0 Å². The third-order valence-corrected chi connectivity index (χ3v) is 2.73. The van der Waals surface area contributed by atoms with Crippen molar-refractivity contribution in [3.05, 3.63) is 40.6 Å². The zero-order valence-electron chi connectivity index (χ0n) is 9.23. The summed E-state index contributed by atoms with van der Waals surface area (Å²) in [6.07, 6.45) is 3.03. The lowest BCUT2D eigenvalue weighted by Crippen LogP contribution is -2.19. The second-order valence-electron chi connectivity index (χ2n) is 3.64. The molecular formula is C11H10Cl2N4O. The van der Waals surface area contributed by atoms with Crippen LogP contribution in [0.1, 0.15) is 0 Å². The molecule has 1 amide bonds. The van der Waals surface area contributed by atoms with Gasteiger partial charge in [0.25, 0.3) is 0 Å². The van der Waals surface area contributed by atoms with E-state index < -0.39 is 0 Å². The van der Waals surface area contributed by atoms with Crippen LogP contribution in [0.3, 0.4) is 0 Å². The van der Waals surface area contributed by atoms with Gasteiger partial charge in [-0.05, 0) is 18.2 Å². The Morgan fingerprint density at radius 2 is 2.22 bits per heavy atom. The summed E-state index contributed by atoms with van der Waals surface area (Å²) in [6, 6.07) is 4.89. The average molecular weight is 285 g/mol. The normalized spacial score (nSPS) is 10.3. The molecule has 0 atom stereocenters. The molecule has 1 aromatic carbocycles. The molecule has 3 N–H and O–H groups in total. The second-order valence-corrected chi connectivity index (χ2v) is 4.48. The Morgan fingerprint density at radius 1 is 1.44 bits per heavy atom. The lowest BCUT2D eigenvalue weighted by atomic mass is 10.3. The fourth-order valence-corrected chi connectivity index (χ4v) is 1.67. The van der Waals surface area contributed by atoms with Gasteiger partial charge in [0.1, 0.15) is 6.54 Å². The van der Waals surface area contributed by atoms with E-state index in [1.165, 1.54) is 10.9 Å². The largest absolute Gasteiger partial charge is 0.397 e. The van der Waals surface area contributed by atoms with Crippen molar-refractivity contribution in [3.8, 4) is 0 Å². The molecule has 0 fully saturated rings. The molecule has 5 nitrogen and oxygen atoms in total. The molecule has 1 aromatic heterocycles.